The van der Waals surface area contributed by atoms with E-state index >= 15 is 0 Å². The van der Waals surface area contributed by atoms with E-state index in [1.807, 2.05) is 11.9 Å². The first kappa shape index (κ1) is 14.3. The van der Waals surface area contributed by atoms with E-state index in [1.54, 1.807) is 24.3 Å². The van der Waals surface area contributed by atoms with E-state index in [-0.39, 0.29) is 18.3 Å². The predicted octanol–water partition coefficient (Wildman–Crippen LogP) is 2.20. The second-order valence-corrected chi connectivity index (χ2v) is 4.47. The molecule has 1 N–H and O–H groups in total. The van der Waals surface area contributed by atoms with Crippen molar-refractivity contribution in [2.45, 2.75) is 12.5 Å². The molecule has 5 heteroatoms. The summed E-state index contributed by atoms with van der Waals surface area (Å²) in [6.45, 7) is 1.60. The monoisotopic (exact) mass is 274 g/mol. The van der Waals surface area contributed by atoms with Gasteiger partial charge in [0, 0.05) is 29.7 Å². The van der Waals surface area contributed by atoms with Crippen LogP contribution in [0, 0.1) is 0 Å². The lowest BCUT2D eigenvalue weighted by atomic mass is 10.2. The minimum absolute atomic E-state index is 0. The maximum Gasteiger partial charge on any atom is 0.253 e. The minimum atomic E-state index is 0. The van der Waals surface area contributed by atoms with E-state index in [1.165, 1.54) is 0 Å². The molecule has 0 aromatic heterocycles. The molecule has 1 aromatic carbocycles. The Labute approximate surface area is 113 Å². The highest BCUT2D eigenvalue weighted by atomic mass is 35.5. The van der Waals surface area contributed by atoms with Crippen molar-refractivity contribution in [2.24, 2.45) is 0 Å². The molecule has 94 valence electrons. The summed E-state index contributed by atoms with van der Waals surface area (Å²) >= 11 is 5.87. The first-order chi connectivity index (χ1) is 7.70. The van der Waals surface area contributed by atoms with Gasteiger partial charge in [0.15, 0.2) is 0 Å². The smallest absolute Gasteiger partial charge is 0.253 e. The molecule has 0 spiro atoms. The van der Waals surface area contributed by atoms with E-state index in [4.69, 9.17) is 11.6 Å². The molecule has 1 aliphatic rings. The zero-order valence-electron chi connectivity index (χ0n) is 9.65. The molecule has 1 amide bonds. The van der Waals surface area contributed by atoms with Crippen molar-refractivity contribution in [3.63, 3.8) is 0 Å². The van der Waals surface area contributed by atoms with Crippen molar-refractivity contribution in [1.29, 1.82) is 0 Å². The van der Waals surface area contributed by atoms with Gasteiger partial charge in [-0.3, -0.25) is 4.79 Å². The number of hydrogen-bond acceptors (Lipinski definition) is 2. The summed E-state index contributed by atoms with van der Waals surface area (Å²) in [6, 6.07) is 7.53. The molecule has 1 aliphatic heterocycles. The third kappa shape index (κ3) is 3.35. The lowest BCUT2D eigenvalue weighted by Gasteiger charge is -2.16. The zero-order chi connectivity index (χ0) is 11.5. The Morgan fingerprint density at radius 2 is 2.29 bits per heavy atom. The Balaban J connectivity index is 0.00000144. The van der Waals surface area contributed by atoms with Crippen LogP contribution >= 0.6 is 24.0 Å². The van der Waals surface area contributed by atoms with E-state index in [9.17, 15) is 4.79 Å². The van der Waals surface area contributed by atoms with Gasteiger partial charge in [-0.15, -0.1) is 12.4 Å². The van der Waals surface area contributed by atoms with Gasteiger partial charge in [-0.25, -0.2) is 0 Å². The Morgan fingerprint density at radius 1 is 1.53 bits per heavy atom. The van der Waals surface area contributed by atoms with Crippen LogP contribution in [0.3, 0.4) is 0 Å². The van der Waals surface area contributed by atoms with E-state index in [0.717, 1.165) is 19.5 Å². The molecule has 1 fully saturated rings. The average Bonchev–Trinajstić information content (AvgIpc) is 2.76. The summed E-state index contributed by atoms with van der Waals surface area (Å²) in [7, 11) is 1.93. The first-order valence-corrected chi connectivity index (χ1v) is 5.80. The third-order valence-electron chi connectivity index (χ3n) is 2.96. The second-order valence-electron chi connectivity index (χ2n) is 4.04. The number of likely N-dealkylation sites (N-methyl/N-ethyl adjacent to an activating group) is 1. The van der Waals surface area contributed by atoms with Crippen molar-refractivity contribution in [1.82, 2.24) is 10.2 Å². The van der Waals surface area contributed by atoms with Gasteiger partial charge in [0.05, 0.1) is 0 Å². The summed E-state index contributed by atoms with van der Waals surface area (Å²) < 4.78 is 0. The van der Waals surface area contributed by atoms with E-state index < -0.39 is 0 Å². The second kappa shape index (κ2) is 6.24. The molecule has 1 atom stereocenters. The zero-order valence-corrected chi connectivity index (χ0v) is 11.2. The summed E-state index contributed by atoms with van der Waals surface area (Å²) in [6.07, 6.45) is 1.02. The standard InChI is InChI=1S/C12H15ClN2O.ClH/c1-14-11-5-6-15(8-11)12(16)9-3-2-4-10(13)7-9;/h2-4,7,11,14H,5-6,8H2,1H3;1H. The Kier molecular flexibility index (Phi) is 5.25. The van der Waals surface area contributed by atoms with Crippen molar-refractivity contribution in [2.75, 3.05) is 20.1 Å². The first-order valence-electron chi connectivity index (χ1n) is 5.43. The quantitative estimate of drug-likeness (QED) is 0.897. The number of nitrogens with one attached hydrogen (secondary N) is 1. The SMILES string of the molecule is CNC1CCN(C(=O)c2cccc(Cl)c2)C1.Cl. The highest BCUT2D eigenvalue weighted by molar-refractivity contribution is 6.30. The lowest BCUT2D eigenvalue weighted by molar-refractivity contribution is 0.0789. The highest BCUT2D eigenvalue weighted by Gasteiger charge is 2.25. The predicted molar refractivity (Wildman–Crippen MR) is 72.1 cm³/mol. The molecule has 1 unspecified atom stereocenters. The van der Waals surface area contributed by atoms with Crippen LogP contribution in [0.25, 0.3) is 0 Å². The van der Waals surface area contributed by atoms with E-state index in [2.05, 4.69) is 5.32 Å². The number of benzene rings is 1. The summed E-state index contributed by atoms with van der Waals surface area (Å²) in [5, 5.41) is 3.80. The largest absolute Gasteiger partial charge is 0.337 e. The molecule has 0 aliphatic carbocycles. The average molecular weight is 275 g/mol. The van der Waals surface area contributed by atoms with Crippen LogP contribution < -0.4 is 5.32 Å². The van der Waals surface area contributed by atoms with Crippen LogP contribution in [0.2, 0.25) is 5.02 Å². The molecule has 0 bridgehead atoms. The number of nitrogens with zero attached hydrogens (tertiary/aromatic N) is 1. The number of rotatable bonds is 2. The van der Waals surface area contributed by atoms with E-state index in [0.29, 0.717) is 16.6 Å². The van der Waals surface area contributed by atoms with Crippen molar-refractivity contribution >= 4 is 29.9 Å². The summed E-state index contributed by atoms with van der Waals surface area (Å²) in [5.74, 6) is 0.0697. The third-order valence-corrected chi connectivity index (χ3v) is 3.19. The van der Waals surface area contributed by atoms with Gasteiger partial charge in [0.25, 0.3) is 5.91 Å². The van der Waals surface area contributed by atoms with Crippen LogP contribution in [0.1, 0.15) is 16.8 Å². The summed E-state index contributed by atoms with van der Waals surface area (Å²) in [5.41, 5.74) is 0.671. The lowest BCUT2D eigenvalue weighted by Crippen LogP contribution is -2.33. The van der Waals surface area contributed by atoms with Gasteiger partial charge in [-0.2, -0.15) is 0 Å². The fourth-order valence-corrected chi connectivity index (χ4v) is 2.17. The number of carbonyl (C=O) groups excluding carboxylic acids is 1. The molecule has 0 radical (unpaired) electrons. The number of carbonyl (C=O) groups is 1. The molecule has 0 saturated carbocycles. The van der Waals surface area contributed by atoms with Crippen LogP contribution in [-0.4, -0.2) is 37.0 Å². The normalized spacial score (nSPS) is 18.9. The topological polar surface area (TPSA) is 32.3 Å². The number of amides is 1. The number of likely N-dealkylation sites (tertiary alicyclic amines) is 1. The Hall–Kier alpha value is -0.770. The van der Waals surface area contributed by atoms with Crippen LogP contribution in [-0.2, 0) is 0 Å². The molecular weight excluding hydrogens is 259 g/mol. The fraction of sp³-hybridized carbons (Fsp3) is 0.417. The number of hydrogen-bond donors (Lipinski definition) is 1. The fourth-order valence-electron chi connectivity index (χ4n) is 1.98. The van der Waals surface area contributed by atoms with Crippen molar-refractivity contribution in [3.8, 4) is 0 Å². The molecule has 17 heavy (non-hydrogen) atoms. The van der Waals surface area contributed by atoms with Gasteiger partial charge in [-0.05, 0) is 31.7 Å². The molecule has 1 saturated heterocycles. The minimum Gasteiger partial charge on any atom is -0.337 e. The molecule has 1 heterocycles. The molecular formula is C12H16Cl2N2O. The van der Waals surface area contributed by atoms with Gasteiger partial charge in [-0.1, -0.05) is 17.7 Å². The van der Waals surface area contributed by atoms with Crippen molar-refractivity contribution < 1.29 is 4.79 Å². The van der Waals surface area contributed by atoms with Gasteiger partial charge in [0.2, 0.25) is 0 Å². The maximum absolute atomic E-state index is 12.1. The van der Waals surface area contributed by atoms with Gasteiger partial charge < -0.3 is 10.2 Å². The highest BCUT2D eigenvalue weighted by Crippen LogP contribution is 2.16. The molecule has 3 nitrogen and oxygen atoms in total. The number of halogens is 2. The van der Waals surface area contributed by atoms with Gasteiger partial charge in [0.1, 0.15) is 0 Å². The molecule has 2 rings (SSSR count). The van der Waals surface area contributed by atoms with Crippen molar-refractivity contribution in [3.05, 3.63) is 34.9 Å². The molecule has 1 aromatic rings. The Bertz CT molecular complexity index is 398. The Morgan fingerprint density at radius 3 is 2.88 bits per heavy atom. The van der Waals surface area contributed by atoms with Crippen LogP contribution in [0.15, 0.2) is 24.3 Å². The van der Waals surface area contributed by atoms with Crippen LogP contribution in [0.4, 0.5) is 0 Å². The summed E-state index contributed by atoms with van der Waals surface area (Å²) in [4.78, 5) is 14.0. The van der Waals surface area contributed by atoms with Crippen LogP contribution in [0.5, 0.6) is 0 Å². The maximum atomic E-state index is 12.1. The van der Waals surface area contributed by atoms with Gasteiger partial charge >= 0.3 is 0 Å².